The fourth-order valence-electron chi connectivity index (χ4n) is 2.28. The van der Waals surface area contributed by atoms with Crippen molar-refractivity contribution in [3.63, 3.8) is 0 Å². The first kappa shape index (κ1) is 14.3. The van der Waals surface area contributed by atoms with Gasteiger partial charge in [0.15, 0.2) is 0 Å². The molecule has 2 heteroatoms. The zero-order valence-corrected chi connectivity index (χ0v) is 13.3. The minimum atomic E-state index is -0.356. The van der Waals surface area contributed by atoms with Crippen molar-refractivity contribution in [2.75, 3.05) is 0 Å². The van der Waals surface area contributed by atoms with Gasteiger partial charge >= 0.3 is 0 Å². The maximum atomic E-state index is 6.51. The Bertz CT molecular complexity index is 588. The molecule has 100 valence electrons. The third kappa shape index (κ3) is 3.46. The SMILES string of the molecule is Cc1ccc(CC(C)(N)c2cccc(Br)c2)cc1C. The van der Waals surface area contributed by atoms with Crippen molar-refractivity contribution in [2.24, 2.45) is 5.73 Å². The quantitative estimate of drug-likeness (QED) is 0.887. The van der Waals surface area contributed by atoms with Crippen molar-refractivity contribution < 1.29 is 0 Å². The van der Waals surface area contributed by atoms with Gasteiger partial charge < -0.3 is 5.73 Å². The molecular weight excluding hydrogens is 298 g/mol. The van der Waals surface area contributed by atoms with Crippen molar-refractivity contribution in [2.45, 2.75) is 32.7 Å². The average Bonchev–Trinajstić information content (AvgIpc) is 2.33. The molecule has 0 fully saturated rings. The summed E-state index contributed by atoms with van der Waals surface area (Å²) >= 11 is 3.51. The van der Waals surface area contributed by atoms with Gasteiger partial charge in [0.1, 0.15) is 0 Å². The molecule has 0 amide bonds. The minimum absolute atomic E-state index is 0.356. The van der Waals surface area contributed by atoms with Crippen LogP contribution in [0.2, 0.25) is 0 Å². The van der Waals surface area contributed by atoms with Gasteiger partial charge in [-0.05, 0) is 61.6 Å². The van der Waals surface area contributed by atoms with E-state index < -0.39 is 0 Å². The van der Waals surface area contributed by atoms with Gasteiger partial charge in [0.05, 0.1) is 0 Å². The first-order valence-electron chi connectivity index (χ1n) is 6.49. The van der Waals surface area contributed by atoms with Gasteiger partial charge in [-0.25, -0.2) is 0 Å². The summed E-state index contributed by atoms with van der Waals surface area (Å²) in [5.74, 6) is 0. The smallest absolute Gasteiger partial charge is 0.0422 e. The number of hydrogen-bond donors (Lipinski definition) is 1. The highest BCUT2D eigenvalue weighted by Gasteiger charge is 2.22. The molecule has 1 unspecified atom stereocenters. The van der Waals surface area contributed by atoms with Gasteiger partial charge in [-0.15, -0.1) is 0 Å². The lowest BCUT2D eigenvalue weighted by atomic mass is 9.86. The molecule has 0 bridgehead atoms. The van der Waals surface area contributed by atoms with Crippen LogP contribution in [-0.2, 0) is 12.0 Å². The molecule has 0 saturated heterocycles. The van der Waals surface area contributed by atoms with Gasteiger partial charge in [-0.2, -0.15) is 0 Å². The zero-order chi connectivity index (χ0) is 14.0. The summed E-state index contributed by atoms with van der Waals surface area (Å²) in [7, 11) is 0. The van der Waals surface area contributed by atoms with Crippen molar-refractivity contribution >= 4 is 15.9 Å². The number of nitrogens with two attached hydrogens (primary N) is 1. The highest BCUT2D eigenvalue weighted by molar-refractivity contribution is 9.10. The molecule has 2 rings (SSSR count). The van der Waals surface area contributed by atoms with Crippen LogP contribution in [0.25, 0.3) is 0 Å². The maximum Gasteiger partial charge on any atom is 0.0422 e. The lowest BCUT2D eigenvalue weighted by Crippen LogP contribution is -2.35. The Hall–Kier alpha value is -1.12. The summed E-state index contributed by atoms with van der Waals surface area (Å²) in [4.78, 5) is 0. The van der Waals surface area contributed by atoms with E-state index in [1.807, 2.05) is 12.1 Å². The molecule has 0 radical (unpaired) electrons. The Kier molecular flexibility index (Phi) is 4.12. The van der Waals surface area contributed by atoms with Gasteiger partial charge in [0.2, 0.25) is 0 Å². The number of benzene rings is 2. The third-order valence-electron chi connectivity index (χ3n) is 3.63. The summed E-state index contributed by atoms with van der Waals surface area (Å²) in [6, 6.07) is 14.8. The topological polar surface area (TPSA) is 26.0 Å². The van der Waals surface area contributed by atoms with Crippen LogP contribution in [-0.4, -0.2) is 0 Å². The van der Waals surface area contributed by atoms with E-state index in [0.717, 1.165) is 16.5 Å². The van der Waals surface area contributed by atoms with Gasteiger partial charge in [0, 0.05) is 10.0 Å². The molecule has 0 aromatic heterocycles. The molecule has 0 aliphatic carbocycles. The summed E-state index contributed by atoms with van der Waals surface area (Å²) in [5, 5.41) is 0. The van der Waals surface area contributed by atoms with Crippen LogP contribution >= 0.6 is 15.9 Å². The molecule has 0 aliphatic rings. The molecule has 1 atom stereocenters. The molecule has 0 heterocycles. The van der Waals surface area contributed by atoms with Crippen LogP contribution in [0.5, 0.6) is 0 Å². The normalized spacial score (nSPS) is 14.2. The molecule has 0 aliphatic heterocycles. The van der Waals surface area contributed by atoms with E-state index >= 15 is 0 Å². The van der Waals surface area contributed by atoms with Crippen molar-refractivity contribution in [3.8, 4) is 0 Å². The molecule has 2 N–H and O–H groups in total. The fourth-order valence-corrected chi connectivity index (χ4v) is 2.68. The lowest BCUT2D eigenvalue weighted by Gasteiger charge is -2.26. The lowest BCUT2D eigenvalue weighted by molar-refractivity contribution is 0.491. The monoisotopic (exact) mass is 317 g/mol. The van der Waals surface area contributed by atoms with Crippen LogP contribution in [0.3, 0.4) is 0 Å². The Morgan fingerprint density at radius 2 is 1.79 bits per heavy atom. The molecule has 1 nitrogen and oxygen atoms in total. The first-order chi connectivity index (χ1) is 8.88. The van der Waals surface area contributed by atoms with E-state index in [4.69, 9.17) is 5.73 Å². The van der Waals surface area contributed by atoms with Crippen LogP contribution in [0.4, 0.5) is 0 Å². The van der Waals surface area contributed by atoms with Gasteiger partial charge in [-0.1, -0.05) is 46.3 Å². The second-order valence-corrected chi connectivity index (χ2v) is 6.44. The molecule has 19 heavy (non-hydrogen) atoms. The second-order valence-electron chi connectivity index (χ2n) is 5.52. The van der Waals surface area contributed by atoms with E-state index in [2.05, 4.69) is 67.0 Å². The van der Waals surface area contributed by atoms with Crippen LogP contribution in [0, 0.1) is 13.8 Å². The highest BCUT2D eigenvalue weighted by Crippen LogP contribution is 2.26. The summed E-state index contributed by atoms with van der Waals surface area (Å²) < 4.78 is 1.07. The second kappa shape index (κ2) is 5.48. The maximum absolute atomic E-state index is 6.51. The van der Waals surface area contributed by atoms with Crippen LogP contribution in [0.15, 0.2) is 46.9 Å². The van der Waals surface area contributed by atoms with E-state index in [1.165, 1.54) is 16.7 Å². The van der Waals surface area contributed by atoms with Gasteiger partial charge in [-0.3, -0.25) is 0 Å². The summed E-state index contributed by atoms with van der Waals surface area (Å²) in [6.07, 6.45) is 0.838. The van der Waals surface area contributed by atoms with Crippen molar-refractivity contribution in [3.05, 3.63) is 69.2 Å². The predicted molar refractivity (Wildman–Crippen MR) is 85.3 cm³/mol. The number of rotatable bonds is 3. The molecule has 2 aromatic carbocycles. The average molecular weight is 318 g/mol. The highest BCUT2D eigenvalue weighted by atomic mass is 79.9. The van der Waals surface area contributed by atoms with E-state index in [9.17, 15) is 0 Å². The van der Waals surface area contributed by atoms with Gasteiger partial charge in [0.25, 0.3) is 0 Å². The zero-order valence-electron chi connectivity index (χ0n) is 11.7. The predicted octanol–water partition coefficient (Wildman–Crippen LogP) is 4.48. The van der Waals surface area contributed by atoms with E-state index in [-0.39, 0.29) is 5.54 Å². The largest absolute Gasteiger partial charge is 0.321 e. The number of halogens is 1. The Morgan fingerprint density at radius 1 is 1.05 bits per heavy atom. The molecular formula is C17H20BrN. The molecule has 0 spiro atoms. The molecule has 0 saturated carbocycles. The number of hydrogen-bond acceptors (Lipinski definition) is 1. The van der Waals surface area contributed by atoms with Crippen LogP contribution < -0.4 is 5.73 Å². The van der Waals surface area contributed by atoms with Crippen LogP contribution in [0.1, 0.15) is 29.2 Å². The van der Waals surface area contributed by atoms with Crippen molar-refractivity contribution in [1.29, 1.82) is 0 Å². The minimum Gasteiger partial charge on any atom is -0.321 e. The summed E-state index contributed by atoms with van der Waals surface area (Å²) in [5.41, 5.74) is 11.2. The van der Waals surface area contributed by atoms with E-state index in [1.54, 1.807) is 0 Å². The standard InChI is InChI=1S/C17H20BrN/c1-12-7-8-14(9-13(12)2)11-17(3,19)15-5-4-6-16(18)10-15/h4-10H,11,19H2,1-3H3. The Labute approximate surface area is 124 Å². The Morgan fingerprint density at radius 3 is 2.42 bits per heavy atom. The number of aryl methyl sites for hydroxylation is 2. The first-order valence-corrected chi connectivity index (χ1v) is 7.29. The fraction of sp³-hybridized carbons (Fsp3) is 0.294. The van der Waals surface area contributed by atoms with E-state index in [0.29, 0.717) is 0 Å². The Balaban J connectivity index is 2.27. The third-order valence-corrected chi connectivity index (χ3v) is 4.12. The molecule has 2 aromatic rings. The summed E-state index contributed by atoms with van der Waals surface area (Å²) in [6.45, 7) is 6.37. The van der Waals surface area contributed by atoms with Crippen molar-refractivity contribution in [1.82, 2.24) is 0 Å².